The summed E-state index contributed by atoms with van der Waals surface area (Å²) in [5, 5.41) is 0. The molecule has 13 heavy (non-hydrogen) atoms. The Hall–Kier alpha value is -1.82. The van der Waals surface area contributed by atoms with Crippen LogP contribution in [0.3, 0.4) is 0 Å². The molecule has 2 heterocycles. The highest BCUT2D eigenvalue weighted by Gasteiger charge is 2.04. The van der Waals surface area contributed by atoms with Gasteiger partial charge in [-0.1, -0.05) is 0 Å². The van der Waals surface area contributed by atoms with Crippen molar-refractivity contribution in [2.24, 2.45) is 5.84 Å². The van der Waals surface area contributed by atoms with Gasteiger partial charge in [-0.25, -0.2) is 10.8 Å². The highest BCUT2D eigenvalue weighted by atomic mass is 16.5. The van der Waals surface area contributed by atoms with Crippen molar-refractivity contribution >= 4 is 11.5 Å². The number of hydrazine groups is 1. The monoisotopic (exact) mass is 180 g/mol. The van der Waals surface area contributed by atoms with Gasteiger partial charge < -0.3 is 9.95 Å². The van der Waals surface area contributed by atoms with E-state index in [9.17, 15) is 4.79 Å². The summed E-state index contributed by atoms with van der Waals surface area (Å²) < 4.78 is 6.18. The number of nitrogens with two attached hydrogens (primary N) is 1. The Morgan fingerprint density at radius 2 is 2.38 bits per heavy atom. The lowest BCUT2D eigenvalue weighted by Gasteiger charge is -1.96. The van der Waals surface area contributed by atoms with Gasteiger partial charge in [-0.05, 0) is 6.92 Å². The number of hydrogen-bond acceptors (Lipinski definition) is 5. The van der Waals surface area contributed by atoms with Crippen LogP contribution in [-0.4, -0.2) is 9.56 Å². The molecule has 3 N–H and O–H groups in total. The van der Waals surface area contributed by atoms with Crippen LogP contribution in [0.15, 0.2) is 21.5 Å². The molecule has 6 heteroatoms. The van der Waals surface area contributed by atoms with E-state index in [0.29, 0.717) is 17.2 Å². The van der Waals surface area contributed by atoms with Gasteiger partial charge in [-0.15, -0.1) is 4.57 Å². The number of fused-ring (bicyclic) bond motifs is 1. The van der Waals surface area contributed by atoms with E-state index in [4.69, 9.17) is 10.4 Å². The fourth-order valence-electron chi connectivity index (χ4n) is 1.10. The lowest BCUT2D eigenvalue weighted by atomic mass is 10.5. The minimum atomic E-state index is -0.300. The van der Waals surface area contributed by atoms with Crippen LogP contribution in [0.2, 0.25) is 0 Å². The minimum absolute atomic E-state index is 0.300. The van der Waals surface area contributed by atoms with Crippen molar-refractivity contribution in [1.82, 2.24) is 9.56 Å². The fraction of sp³-hybridized carbons (Fsp3) is 0.143. The highest BCUT2D eigenvalue weighted by molar-refractivity contribution is 5.45. The van der Waals surface area contributed by atoms with E-state index >= 15 is 0 Å². The summed E-state index contributed by atoms with van der Waals surface area (Å²) in [6.45, 7) is 1.74. The molecule has 2 aromatic heterocycles. The lowest BCUT2D eigenvalue weighted by Crippen LogP contribution is -2.16. The third-order valence-corrected chi connectivity index (χ3v) is 1.62. The van der Waals surface area contributed by atoms with Gasteiger partial charge in [0.15, 0.2) is 5.65 Å². The molecule has 0 aliphatic carbocycles. The number of anilines is 1. The zero-order chi connectivity index (χ0) is 9.42. The molecule has 0 saturated heterocycles. The molecule has 68 valence electrons. The average molecular weight is 180 g/mol. The summed E-state index contributed by atoms with van der Waals surface area (Å²) in [6.07, 6.45) is 0. The van der Waals surface area contributed by atoms with Gasteiger partial charge in [0.25, 0.3) is 5.56 Å². The Morgan fingerprint density at radius 3 is 3.08 bits per heavy atom. The average Bonchev–Trinajstić information content (AvgIpc) is 2.46. The number of nitrogens with one attached hydrogen (secondary N) is 1. The number of aromatic nitrogens is 2. The zero-order valence-electron chi connectivity index (χ0n) is 6.94. The van der Waals surface area contributed by atoms with Crippen LogP contribution >= 0.6 is 0 Å². The van der Waals surface area contributed by atoms with Gasteiger partial charge in [-0.2, -0.15) is 0 Å². The maximum absolute atomic E-state index is 11.3. The second-order valence-electron chi connectivity index (χ2n) is 2.62. The predicted octanol–water partition coefficient (Wildman–Crippen LogP) is -0.118. The topological polar surface area (TPSA) is 85.6 Å². The maximum Gasteiger partial charge on any atom is 0.289 e. The fourth-order valence-corrected chi connectivity index (χ4v) is 1.10. The van der Waals surface area contributed by atoms with Gasteiger partial charge in [-0.3, -0.25) is 4.79 Å². The molecule has 2 rings (SSSR count). The molecule has 6 nitrogen and oxygen atoms in total. The van der Waals surface area contributed by atoms with Crippen molar-refractivity contribution in [1.29, 1.82) is 0 Å². The van der Waals surface area contributed by atoms with E-state index in [0.717, 1.165) is 4.57 Å². The van der Waals surface area contributed by atoms with Crippen LogP contribution in [-0.2, 0) is 0 Å². The molecular weight excluding hydrogens is 172 g/mol. The molecule has 0 amide bonds. The number of nitrogens with zero attached hydrogens (tertiary/aromatic N) is 2. The van der Waals surface area contributed by atoms with Crippen LogP contribution in [0.4, 0.5) is 5.82 Å². The molecule has 0 spiro atoms. The SMILES string of the molecule is Cc1cc2nc(NN)cc(=O)n2o1. The van der Waals surface area contributed by atoms with Crippen molar-refractivity contribution in [2.45, 2.75) is 6.92 Å². The van der Waals surface area contributed by atoms with Crippen molar-refractivity contribution < 1.29 is 4.52 Å². The first-order valence-electron chi connectivity index (χ1n) is 3.68. The first kappa shape index (κ1) is 7.81. The smallest absolute Gasteiger partial charge is 0.289 e. The summed E-state index contributed by atoms with van der Waals surface area (Å²) in [5.74, 6) is 6.07. The van der Waals surface area contributed by atoms with Crippen molar-refractivity contribution in [3.8, 4) is 0 Å². The molecule has 0 atom stereocenters. The van der Waals surface area contributed by atoms with E-state index in [1.54, 1.807) is 13.0 Å². The molecule has 0 aliphatic heterocycles. The molecule has 0 fully saturated rings. The molecule has 0 radical (unpaired) electrons. The van der Waals surface area contributed by atoms with E-state index < -0.39 is 0 Å². The number of rotatable bonds is 1. The third-order valence-electron chi connectivity index (χ3n) is 1.62. The Labute approximate surface area is 72.9 Å². The first-order chi connectivity index (χ1) is 6.20. The Kier molecular flexibility index (Phi) is 1.56. The molecule has 0 unspecified atom stereocenters. The lowest BCUT2D eigenvalue weighted by molar-refractivity contribution is 0.345. The largest absolute Gasteiger partial charge is 0.375 e. The van der Waals surface area contributed by atoms with Crippen molar-refractivity contribution in [2.75, 3.05) is 5.43 Å². The summed E-state index contributed by atoms with van der Waals surface area (Å²) in [5.41, 5.74) is 2.45. The van der Waals surface area contributed by atoms with Gasteiger partial charge in [0.2, 0.25) is 0 Å². The summed E-state index contributed by atoms with van der Waals surface area (Å²) in [7, 11) is 0. The first-order valence-corrected chi connectivity index (χ1v) is 3.68. The predicted molar refractivity (Wildman–Crippen MR) is 46.3 cm³/mol. The normalized spacial score (nSPS) is 10.6. The number of hydrogen-bond donors (Lipinski definition) is 2. The molecule has 0 aromatic carbocycles. The Bertz CT molecular complexity index is 499. The van der Waals surface area contributed by atoms with Gasteiger partial charge in [0.1, 0.15) is 11.6 Å². The van der Waals surface area contributed by atoms with Crippen LogP contribution in [0.1, 0.15) is 5.76 Å². The van der Waals surface area contributed by atoms with Crippen LogP contribution in [0.25, 0.3) is 5.65 Å². The Balaban J connectivity index is 2.83. The van der Waals surface area contributed by atoms with E-state index in [-0.39, 0.29) is 5.56 Å². The van der Waals surface area contributed by atoms with Crippen LogP contribution in [0.5, 0.6) is 0 Å². The third kappa shape index (κ3) is 1.17. The molecule has 2 aromatic rings. The molecule has 0 saturated carbocycles. The highest BCUT2D eigenvalue weighted by Crippen LogP contribution is 2.06. The van der Waals surface area contributed by atoms with Gasteiger partial charge in [0.05, 0.1) is 6.07 Å². The zero-order valence-corrected chi connectivity index (χ0v) is 6.94. The quantitative estimate of drug-likeness (QED) is 0.472. The van der Waals surface area contributed by atoms with Crippen molar-refractivity contribution in [3.05, 3.63) is 28.2 Å². The van der Waals surface area contributed by atoms with Crippen LogP contribution < -0.4 is 16.8 Å². The number of nitrogen functional groups attached to an aromatic ring is 1. The number of aryl methyl sites for hydroxylation is 1. The Morgan fingerprint density at radius 1 is 1.62 bits per heavy atom. The van der Waals surface area contributed by atoms with E-state index in [2.05, 4.69) is 10.4 Å². The summed E-state index contributed by atoms with van der Waals surface area (Å²) in [4.78, 5) is 15.3. The summed E-state index contributed by atoms with van der Waals surface area (Å²) >= 11 is 0. The summed E-state index contributed by atoms with van der Waals surface area (Å²) in [6, 6.07) is 2.91. The van der Waals surface area contributed by atoms with E-state index in [1.165, 1.54) is 6.07 Å². The van der Waals surface area contributed by atoms with Gasteiger partial charge >= 0.3 is 0 Å². The molecule has 0 aliphatic rings. The molecular formula is C7H8N4O2. The second-order valence-corrected chi connectivity index (χ2v) is 2.62. The second kappa shape index (κ2) is 2.60. The molecule has 0 bridgehead atoms. The van der Waals surface area contributed by atoms with E-state index in [1.807, 2.05) is 0 Å². The standard InChI is InChI=1S/C7H8N4O2/c1-4-2-6-9-5(10-8)3-7(12)11(6)13-4/h2-3,10H,8H2,1H3. The maximum atomic E-state index is 11.3. The minimum Gasteiger partial charge on any atom is -0.375 e. The van der Waals surface area contributed by atoms with Gasteiger partial charge in [0, 0.05) is 6.07 Å². The van der Waals surface area contributed by atoms with Crippen LogP contribution in [0, 0.1) is 6.92 Å². The van der Waals surface area contributed by atoms with Crippen molar-refractivity contribution in [3.63, 3.8) is 0 Å².